The van der Waals surface area contributed by atoms with E-state index in [9.17, 15) is 4.79 Å². The summed E-state index contributed by atoms with van der Waals surface area (Å²) < 4.78 is 14.5. The van der Waals surface area contributed by atoms with Crippen LogP contribution in [0.1, 0.15) is 63.5 Å². The average Bonchev–Trinajstić information content (AvgIpc) is 3.28. The number of aromatic nitrogens is 1. The molecule has 216 valence electrons. The molecular formula is C36H44N2O3. The fraction of sp³-hybridized carbons (Fsp3) is 0.417. The average molecular weight is 553 g/mol. The first-order chi connectivity index (χ1) is 20.1. The van der Waals surface area contributed by atoms with Crippen molar-refractivity contribution >= 4 is 22.9 Å². The number of unbranched alkanes of at least 4 members (excludes halogenated alkanes) is 2. The summed E-state index contributed by atoms with van der Waals surface area (Å²) in [7, 11) is 0. The van der Waals surface area contributed by atoms with Crippen molar-refractivity contribution in [3.8, 4) is 22.8 Å². The smallest absolute Gasteiger partial charge is 0.123 e. The number of piperidine rings is 1. The first-order valence-corrected chi connectivity index (χ1v) is 15.4. The largest absolute Gasteiger partial charge is 0.494 e. The van der Waals surface area contributed by atoms with Crippen molar-refractivity contribution < 1.29 is 14.3 Å². The first kappa shape index (κ1) is 28.8. The Balaban J connectivity index is 1.45. The van der Waals surface area contributed by atoms with Gasteiger partial charge in [-0.05, 0) is 104 Å². The summed E-state index contributed by atoms with van der Waals surface area (Å²) in [4.78, 5) is 13.6. The SMILES string of the molecule is CCCCOc1ccc(-c2c(C)c3cc(OCCCC)ccc3n2Cc2ccc(N3CCC(C=O)CC3)cc2)cc1. The Hall–Kier alpha value is -3.73. The van der Waals surface area contributed by atoms with Gasteiger partial charge in [0.15, 0.2) is 0 Å². The standard InChI is InChI=1S/C36H44N2O3/c1-4-6-22-40-32-14-10-30(11-15-32)36-27(3)34-24-33(41-23-7-5-2)16-17-35(34)38(36)25-28-8-12-31(13-9-28)37-20-18-29(26-39)19-21-37/h8-17,24,26,29H,4-7,18-23,25H2,1-3H3. The maximum absolute atomic E-state index is 11.2. The fourth-order valence-corrected chi connectivity index (χ4v) is 5.79. The number of rotatable bonds is 13. The highest BCUT2D eigenvalue weighted by Crippen LogP contribution is 2.37. The number of nitrogens with zero attached hydrogens (tertiary/aromatic N) is 2. The molecule has 1 fully saturated rings. The molecule has 0 amide bonds. The third kappa shape index (κ3) is 6.78. The molecule has 3 aromatic carbocycles. The number of aryl methyl sites for hydroxylation is 1. The molecule has 0 spiro atoms. The number of fused-ring (bicyclic) bond motifs is 1. The fourth-order valence-electron chi connectivity index (χ4n) is 5.79. The molecule has 2 heterocycles. The summed E-state index contributed by atoms with van der Waals surface area (Å²) in [5, 5.41) is 1.23. The molecule has 0 radical (unpaired) electrons. The zero-order chi connectivity index (χ0) is 28.6. The van der Waals surface area contributed by atoms with Gasteiger partial charge in [-0.15, -0.1) is 0 Å². The van der Waals surface area contributed by atoms with Gasteiger partial charge in [0.25, 0.3) is 0 Å². The molecule has 1 aliphatic heterocycles. The molecule has 0 atom stereocenters. The molecular weight excluding hydrogens is 508 g/mol. The van der Waals surface area contributed by atoms with Gasteiger partial charge in [0.2, 0.25) is 0 Å². The molecule has 0 bridgehead atoms. The third-order valence-corrected chi connectivity index (χ3v) is 8.32. The van der Waals surface area contributed by atoms with Crippen LogP contribution in [0.5, 0.6) is 11.5 Å². The Morgan fingerprint density at radius 1 is 0.829 bits per heavy atom. The van der Waals surface area contributed by atoms with E-state index >= 15 is 0 Å². The third-order valence-electron chi connectivity index (χ3n) is 8.32. The maximum atomic E-state index is 11.2. The van der Waals surface area contributed by atoms with Crippen molar-refractivity contribution in [2.24, 2.45) is 5.92 Å². The number of ether oxygens (including phenoxy) is 2. The van der Waals surface area contributed by atoms with Crippen LogP contribution in [0.25, 0.3) is 22.2 Å². The highest BCUT2D eigenvalue weighted by Gasteiger charge is 2.20. The molecule has 1 aromatic heterocycles. The lowest BCUT2D eigenvalue weighted by atomic mass is 9.98. The van der Waals surface area contributed by atoms with Gasteiger partial charge in [0.1, 0.15) is 17.8 Å². The summed E-state index contributed by atoms with van der Waals surface area (Å²) >= 11 is 0. The molecule has 5 heteroatoms. The Kier molecular flexibility index (Phi) is 9.66. The van der Waals surface area contributed by atoms with Crippen molar-refractivity contribution in [1.29, 1.82) is 0 Å². The van der Waals surface area contributed by atoms with E-state index in [1.165, 1.54) is 39.0 Å². The molecule has 0 aliphatic carbocycles. The number of hydrogen-bond donors (Lipinski definition) is 0. The van der Waals surface area contributed by atoms with Crippen LogP contribution < -0.4 is 14.4 Å². The predicted octanol–water partition coefficient (Wildman–Crippen LogP) is 8.44. The van der Waals surface area contributed by atoms with Crippen molar-refractivity contribution in [3.63, 3.8) is 0 Å². The van der Waals surface area contributed by atoms with E-state index in [0.717, 1.165) is 89.2 Å². The van der Waals surface area contributed by atoms with Crippen molar-refractivity contribution in [2.75, 3.05) is 31.2 Å². The van der Waals surface area contributed by atoms with Crippen molar-refractivity contribution in [1.82, 2.24) is 4.57 Å². The van der Waals surface area contributed by atoms with Gasteiger partial charge in [-0.2, -0.15) is 0 Å². The topological polar surface area (TPSA) is 43.7 Å². The number of benzene rings is 3. The predicted molar refractivity (Wildman–Crippen MR) is 169 cm³/mol. The minimum absolute atomic E-state index is 0.212. The molecule has 0 N–H and O–H groups in total. The van der Waals surface area contributed by atoms with Gasteiger partial charge in [-0.1, -0.05) is 38.8 Å². The van der Waals surface area contributed by atoms with Crippen LogP contribution in [-0.2, 0) is 11.3 Å². The molecule has 5 nitrogen and oxygen atoms in total. The van der Waals surface area contributed by atoms with E-state index in [4.69, 9.17) is 9.47 Å². The number of aldehydes is 1. The van der Waals surface area contributed by atoms with E-state index in [1.807, 2.05) is 0 Å². The lowest BCUT2D eigenvalue weighted by Gasteiger charge is -2.31. The second-order valence-electron chi connectivity index (χ2n) is 11.3. The second-order valence-corrected chi connectivity index (χ2v) is 11.3. The minimum Gasteiger partial charge on any atom is -0.494 e. The van der Waals surface area contributed by atoms with Gasteiger partial charge >= 0.3 is 0 Å². The minimum atomic E-state index is 0.212. The van der Waals surface area contributed by atoms with Crippen LogP contribution in [0.4, 0.5) is 5.69 Å². The van der Waals surface area contributed by atoms with E-state index in [-0.39, 0.29) is 5.92 Å². The van der Waals surface area contributed by atoms with Crippen molar-refractivity contribution in [2.45, 2.75) is 65.8 Å². The summed E-state index contributed by atoms with van der Waals surface area (Å²) in [5.41, 5.74) is 7.38. The van der Waals surface area contributed by atoms with Crippen LogP contribution in [0, 0.1) is 12.8 Å². The number of anilines is 1. The van der Waals surface area contributed by atoms with Crippen LogP contribution in [0.2, 0.25) is 0 Å². The van der Waals surface area contributed by atoms with Crippen LogP contribution in [-0.4, -0.2) is 37.2 Å². The van der Waals surface area contributed by atoms with Crippen LogP contribution in [0.15, 0.2) is 66.7 Å². The van der Waals surface area contributed by atoms with Crippen molar-refractivity contribution in [3.05, 3.63) is 77.9 Å². The molecule has 5 rings (SSSR count). The van der Waals surface area contributed by atoms with Gasteiger partial charge in [0.05, 0.1) is 18.9 Å². The number of hydrogen-bond acceptors (Lipinski definition) is 4. The molecule has 0 saturated carbocycles. The monoisotopic (exact) mass is 552 g/mol. The molecule has 1 aliphatic rings. The Morgan fingerprint density at radius 3 is 2.10 bits per heavy atom. The molecule has 4 aromatic rings. The highest BCUT2D eigenvalue weighted by atomic mass is 16.5. The summed E-state index contributed by atoms with van der Waals surface area (Å²) in [6, 6.07) is 24.0. The van der Waals surface area contributed by atoms with E-state index in [2.05, 4.69) is 97.0 Å². The molecule has 41 heavy (non-hydrogen) atoms. The molecule has 0 unspecified atom stereocenters. The number of carbonyl (C=O) groups excluding carboxylic acids is 1. The van der Waals surface area contributed by atoms with Gasteiger partial charge in [0, 0.05) is 42.1 Å². The quantitative estimate of drug-likeness (QED) is 0.123. The van der Waals surface area contributed by atoms with Gasteiger partial charge < -0.3 is 23.7 Å². The molecule has 1 saturated heterocycles. The Bertz CT molecular complexity index is 1410. The maximum Gasteiger partial charge on any atom is 0.123 e. The summed E-state index contributed by atoms with van der Waals surface area (Å²) in [6.45, 7) is 10.7. The zero-order valence-corrected chi connectivity index (χ0v) is 24.9. The number of carbonyl (C=O) groups is 1. The van der Waals surface area contributed by atoms with Gasteiger partial charge in [-0.25, -0.2) is 0 Å². The van der Waals surface area contributed by atoms with Crippen LogP contribution in [0.3, 0.4) is 0 Å². The lowest BCUT2D eigenvalue weighted by Crippen LogP contribution is -2.34. The summed E-state index contributed by atoms with van der Waals surface area (Å²) in [5.74, 6) is 2.06. The van der Waals surface area contributed by atoms with Crippen LogP contribution >= 0.6 is 0 Å². The second kappa shape index (κ2) is 13.8. The highest BCUT2D eigenvalue weighted by molar-refractivity contribution is 5.92. The van der Waals surface area contributed by atoms with Gasteiger partial charge in [-0.3, -0.25) is 0 Å². The normalized spacial score (nSPS) is 14.0. The first-order valence-electron chi connectivity index (χ1n) is 15.4. The Morgan fingerprint density at radius 2 is 1.46 bits per heavy atom. The van der Waals surface area contributed by atoms with E-state index in [0.29, 0.717) is 0 Å². The van der Waals surface area contributed by atoms with E-state index < -0.39 is 0 Å². The van der Waals surface area contributed by atoms with E-state index in [1.54, 1.807) is 0 Å². The summed E-state index contributed by atoms with van der Waals surface area (Å²) in [6.07, 6.45) is 7.37. The Labute approximate surface area is 245 Å². The lowest BCUT2D eigenvalue weighted by molar-refractivity contribution is -0.111. The zero-order valence-electron chi connectivity index (χ0n) is 24.9.